The van der Waals surface area contributed by atoms with Gasteiger partial charge in [0.1, 0.15) is 0 Å². The van der Waals surface area contributed by atoms with E-state index in [1.807, 2.05) is 30.3 Å². The van der Waals surface area contributed by atoms with E-state index in [9.17, 15) is 0 Å². The van der Waals surface area contributed by atoms with Gasteiger partial charge in [0.2, 0.25) is 0 Å². The molecule has 1 aliphatic rings. The molecule has 0 radical (unpaired) electrons. The first-order chi connectivity index (χ1) is 10.6. The summed E-state index contributed by atoms with van der Waals surface area (Å²) in [5.41, 5.74) is 6.99. The van der Waals surface area contributed by atoms with Crippen LogP contribution < -0.4 is 11.1 Å². The normalized spacial score (nSPS) is 19.4. The minimum atomic E-state index is 0.449. The van der Waals surface area contributed by atoms with Crippen molar-refractivity contribution in [3.63, 3.8) is 0 Å². The quantitative estimate of drug-likeness (QED) is 0.642. The molecule has 0 bridgehead atoms. The Bertz CT molecular complexity index is 463. The number of guanidine groups is 1. The summed E-state index contributed by atoms with van der Waals surface area (Å²) in [5.74, 6) is 1.06. The van der Waals surface area contributed by atoms with Gasteiger partial charge in [-0.05, 0) is 25.1 Å². The predicted molar refractivity (Wildman–Crippen MR) is 94.3 cm³/mol. The number of nitrogens with zero attached hydrogens (tertiary/aromatic N) is 3. The first-order valence-corrected chi connectivity index (χ1v) is 8.11. The maximum absolute atomic E-state index is 6.02. The number of benzene rings is 1. The molecule has 1 aliphatic heterocycles. The number of aliphatic imine (C=N–C) groups is 1. The number of anilines is 1. The molecule has 1 heterocycles. The third-order valence-corrected chi connectivity index (χ3v) is 4.27. The largest absolute Gasteiger partial charge is 0.370 e. The number of likely N-dealkylation sites (N-methyl/N-ethyl adjacent to an activating group) is 1. The maximum Gasteiger partial charge on any atom is 0.193 e. The lowest BCUT2D eigenvalue weighted by atomic mass is 10.0. The highest BCUT2D eigenvalue weighted by atomic mass is 15.3. The van der Waals surface area contributed by atoms with Crippen molar-refractivity contribution >= 4 is 11.6 Å². The molecule has 2 rings (SSSR count). The van der Waals surface area contributed by atoms with Gasteiger partial charge < -0.3 is 16.0 Å². The second-order valence-corrected chi connectivity index (χ2v) is 6.37. The van der Waals surface area contributed by atoms with E-state index >= 15 is 0 Å². The molecule has 0 aliphatic carbocycles. The lowest BCUT2D eigenvalue weighted by molar-refractivity contribution is 0.0926. The van der Waals surface area contributed by atoms with Crippen LogP contribution in [-0.4, -0.2) is 61.6 Å². The first-order valence-electron chi connectivity index (χ1n) is 8.11. The van der Waals surface area contributed by atoms with Gasteiger partial charge in [-0.2, -0.15) is 0 Å². The summed E-state index contributed by atoms with van der Waals surface area (Å²) in [5, 5.41) is 3.15. The standard InChI is InChI=1S/C17H29N5/c1-14(2)16(22-11-9-21(3)10-12-22)13-19-17(18)20-15-7-5-4-6-8-15/h4-8,14,16H,9-13H2,1-3H3,(H3,18,19,20). The van der Waals surface area contributed by atoms with E-state index in [0.717, 1.165) is 38.4 Å². The Hall–Kier alpha value is -1.59. The van der Waals surface area contributed by atoms with Gasteiger partial charge >= 0.3 is 0 Å². The zero-order chi connectivity index (χ0) is 15.9. The molecule has 0 spiro atoms. The van der Waals surface area contributed by atoms with Crippen molar-refractivity contribution in [1.29, 1.82) is 0 Å². The van der Waals surface area contributed by atoms with Crippen LogP contribution in [0.1, 0.15) is 13.8 Å². The number of hydrogen-bond donors (Lipinski definition) is 2. The van der Waals surface area contributed by atoms with Crippen molar-refractivity contribution in [2.75, 3.05) is 45.1 Å². The third-order valence-electron chi connectivity index (χ3n) is 4.27. The molecule has 0 amide bonds. The van der Waals surface area contributed by atoms with Crippen molar-refractivity contribution in [2.45, 2.75) is 19.9 Å². The molecule has 122 valence electrons. The Morgan fingerprint density at radius 3 is 2.41 bits per heavy atom. The summed E-state index contributed by atoms with van der Waals surface area (Å²) in [4.78, 5) is 9.49. The molecule has 1 saturated heterocycles. The van der Waals surface area contributed by atoms with Gasteiger partial charge in [-0.15, -0.1) is 0 Å². The van der Waals surface area contributed by atoms with Crippen LogP contribution in [0, 0.1) is 5.92 Å². The van der Waals surface area contributed by atoms with Gasteiger partial charge in [0, 0.05) is 37.9 Å². The molecule has 1 aromatic rings. The second-order valence-electron chi connectivity index (χ2n) is 6.37. The van der Waals surface area contributed by atoms with E-state index in [4.69, 9.17) is 5.73 Å². The van der Waals surface area contributed by atoms with E-state index in [1.165, 1.54) is 0 Å². The number of piperazine rings is 1. The molecule has 0 saturated carbocycles. The molecule has 1 fully saturated rings. The topological polar surface area (TPSA) is 56.9 Å². The van der Waals surface area contributed by atoms with Crippen molar-refractivity contribution in [1.82, 2.24) is 9.80 Å². The second kappa shape index (κ2) is 8.15. The lowest BCUT2D eigenvalue weighted by Gasteiger charge is -2.39. The summed E-state index contributed by atoms with van der Waals surface area (Å²) in [6.45, 7) is 9.75. The summed E-state index contributed by atoms with van der Waals surface area (Å²) in [7, 11) is 2.18. The van der Waals surface area contributed by atoms with E-state index in [1.54, 1.807) is 0 Å². The van der Waals surface area contributed by atoms with Crippen LogP contribution in [0.2, 0.25) is 0 Å². The molecule has 3 N–H and O–H groups in total. The van der Waals surface area contributed by atoms with Crippen LogP contribution in [0.15, 0.2) is 35.3 Å². The summed E-state index contributed by atoms with van der Waals surface area (Å²) in [6.07, 6.45) is 0. The van der Waals surface area contributed by atoms with E-state index < -0.39 is 0 Å². The van der Waals surface area contributed by atoms with Crippen molar-refractivity contribution in [3.05, 3.63) is 30.3 Å². The monoisotopic (exact) mass is 303 g/mol. The highest BCUT2D eigenvalue weighted by Crippen LogP contribution is 2.14. The molecule has 5 nitrogen and oxygen atoms in total. The van der Waals surface area contributed by atoms with Crippen LogP contribution in [0.4, 0.5) is 5.69 Å². The van der Waals surface area contributed by atoms with Crippen molar-refractivity contribution in [3.8, 4) is 0 Å². The van der Waals surface area contributed by atoms with E-state index in [0.29, 0.717) is 17.9 Å². The maximum atomic E-state index is 6.02. The van der Waals surface area contributed by atoms with Gasteiger partial charge in [0.25, 0.3) is 0 Å². The number of para-hydroxylation sites is 1. The molecule has 22 heavy (non-hydrogen) atoms. The first kappa shape index (κ1) is 16.8. The highest BCUT2D eigenvalue weighted by molar-refractivity contribution is 5.92. The summed E-state index contributed by atoms with van der Waals surface area (Å²) < 4.78 is 0. The van der Waals surface area contributed by atoms with Gasteiger partial charge in [-0.3, -0.25) is 9.89 Å². The SMILES string of the molecule is CC(C)C(CN=C(N)Nc1ccccc1)N1CCN(C)CC1. The Kier molecular flexibility index (Phi) is 6.21. The van der Waals surface area contributed by atoms with Crippen LogP contribution in [0.5, 0.6) is 0 Å². The fraction of sp³-hybridized carbons (Fsp3) is 0.588. The van der Waals surface area contributed by atoms with Gasteiger partial charge in [-0.1, -0.05) is 32.0 Å². The van der Waals surface area contributed by atoms with E-state index in [2.05, 4.69) is 41.0 Å². The molecule has 1 unspecified atom stereocenters. The van der Waals surface area contributed by atoms with Gasteiger partial charge in [0.15, 0.2) is 5.96 Å². The van der Waals surface area contributed by atoms with Crippen LogP contribution >= 0.6 is 0 Å². The van der Waals surface area contributed by atoms with Crippen LogP contribution in [-0.2, 0) is 0 Å². The van der Waals surface area contributed by atoms with Crippen LogP contribution in [0.25, 0.3) is 0 Å². The van der Waals surface area contributed by atoms with Gasteiger partial charge in [-0.25, -0.2) is 0 Å². The number of hydrogen-bond acceptors (Lipinski definition) is 3. The molecule has 5 heteroatoms. The van der Waals surface area contributed by atoms with Crippen LogP contribution in [0.3, 0.4) is 0 Å². The lowest BCUT2D eigenvalue weighted by Crippen LogP contribution is -2.51. The number of rotatable bonds is 5. The average Bonchev–Trinajstić information content (AvgIpc) is 2.50. The summed E-state index contributed by atoms with van der Waals surface area (Å²) in [6, 6.07) is 10.4. The van der Waals surface area contributed by atoms with Crippen molar-refractivity contribution in [2.24, 2.45) is 16.6 Å². The zero-order valence-corrected chi connectivity index (χ0v) is 14.0. The average molecular weight is 303 g/mol. The Morgan fingerprint density at radius 2 is 1.82 bits per heavy atom. The van der Waals surface area contributed by atoms with Crippen molar-refractivity contribution < 1.29 is 0 Å². The minimum Gasteiger partial charge on any atom is -0.370 e. The Balaban J connectivity index is 1.91. The molecule has 1 atom stereocenters. The smallest absolute Gasteiger partial charge is 0.193 e. The zero-order valence-electron chi connectivity index (χ0n) is 14.0. The number of nitrogens with two attached hydrogens (primary N) is 1. The van der Waals surface area contributed by atoms with Gasteiger partial charge in [0.05, 0.1) is 6.54 Å². The summed E-state index contributed by atoms with van der Waals surface area (Å²) >= 11 is 0. The minimum absolute atomic E-state index is 0.449. The third kappa shape index (κ3) is 5.00. The Labute approximate surface area is 134 Å². The molecule has 1 aromatic carbocycles. The fourth-order valence-corrected chi connectivity index (χ4v) is 2.80. The Morgan fingerprint density at radius 1 is 1.18 bits per heavy atom. The number of nitrogens with one attached hydrogen (secondary N) is 1. The molecule has 0 aromatic heterocycles. The highest BCUT2D eigenvalue weighted by Gasteiger charge is 2.24. The predicted octanol–water partition coefficient (Wildman–Crippen LogP) is 1.69. The molecular weight excluding hydrogens is 274 g/mol. The molecular formula is C17H29N5. The van der Waals surface area contributed by atoms with E-state index in [-0.39, 0.29) is 0 Å². The fourth-order valence-electron chi connectivity index (χ4n) is 2.80.